The lowest BCUT2D eigenvalue weighted by Gasteiger charge is -2.22. The zero-order valence-corrected chi connectivity index (χ0v) is 14.4. The van der Waals surface area contributed by atoms with E-state index in [4.69, 9.17) is 11.6 Å². The maximum Gasteiger partial charge on any atom is 0.270 e. The van der Waals surface area contributed by atoms with Crippen LogP contribution in [0.15, 0.2) is 42.5 Å². The van der Waals surface area contributed by atoms with Crippen LogP contribution < -0.4 is 4.90 Å². The standard InChI is InChI=1S/C17H18ClN3O3/c1-19(2)16-9-8-13(21(23)24)10-14(16)17(22)20(3)11-12-6-4-5-7-15(12)18/h4-10H,11H2,1-3H3. The summed E-state index contributed by atoms with van der Waals surface area (Å²) in [6, 6.07) is 11.5. The van der Waals surface area contributed by atoms with Crippen LogP contribution >= 0.6 is 11.6 Å². The molecule has 0 fully saturated rings. The molecule has 2 aromatic carbocycles. The van der Waals surface area contributed by atoms with Gasteiger partial charge in [0, 0.05) is 50.5 Å². The molecule has 0 saturated heterocycles. The lowest BCUT2D eigenvalue weighted by atomic mass is 10.1. The van der Waals surface area contributed by atoms with Gasteiger partial charge in [-0.25, -0.2) is 0 Å². The second-order valence-corrected chi connectivity index (χ2v) is 6.01. The minimum absolute atomic E-state index is 0.116. The molecule has 0 atom stereocenters. The van der Waals surface area contributed by atoms with Crippen LogP contribution in [0.2, 0.25) is 5.02 Å². The third kappa shape index (κ3) is 3.83. The number of hydrogen-bond donors (Lipinski definition) is 0. The Labute approximate surface area is 145 Å². The molecular formula is C17H18ClN3O3. The highest BCUT2D eigenvalue weighted by Crippen LogP contribution is 2.26. The van der Waals surface area contributed by atoms with Gasteiger partial charge in [-0.1, -0.05) is 29.8 Å². The number of non-ortho nitro benzene ring substituents is 1. The van der Waals surface area contributed by atoms with Crippen LogP contribution in [0.25, 0.3) is 0 Å². The van der Waals surface area contributed by atoms with Crippen LogP contribution in [0.5, 0.6) is 0 Å². The molecule has 0 unspecified atom stereocenters. The molecule has 2 rings (SSSR count). The fraction of sp³-hybridized carbons (Fsp3) is 0.235. The van der Waals surface area contributed by atoms with Gasteiger partial charge in [-0.3, -0.25) is 14.9 Å². The average molecular weight is 348 g/mol. The van der Waals surface area contributed by atoms with Gasteiger partial charge in [0.25, 0.3) is 11.6 Å². The number of hydrogen-bond acceptors (Lipinski definition) is 4. The van der Waals surface area contributed by atoms with Gasteiger partial charge in [-0.05, 0) is 17.7 Å². The molecule has 0 saturated carbocycles. The molecule has 0 spiro atoms. The van der Waals surface area contributed by atoms with Gasteiger partial charge in [-0.2, -0.15) is 0 Å². The van der Waals surface area contributed by atoms with Crippen LogP contribution in [0.4, 0.5) is 11.4 Å². The Morgan fingerprint density at radius 2 is 1.83 bits per heavy atom. The first-order chi connectivity index (χ1) is 11.3. The summed E-state index contributed by atoms with van der Waals surface area (Å²) in [5, 5.41) is 11.6. The Morgan fingerprint density at radius 3 is 2.42 bits per heavy atom. The van der Waals surface area contributed by atoms with Crippen molar-refractivity contribution in [2.24, 2.45) is 0 Å². The SMILES string of the molecule is CN(Cc1ccccc1Cl)C(=O)c1cc([N+](=O)[O-])ccc1N(C)C. The number of amides is 1. The Balaban J connectivity index is 2.35. The molecule has 1 amide bonds. The normalized spacial score (nSPS) is 10.3. The van der Waals surface area contributed by atoms with E-state index in [1.165, 1.54) is 17.0 Å². The molecule has 2 aromatic rings. The number of halogens is 1. The molecule has 24 heavy (non-hydrogen) atoms. The minimum Gasteiger partial charge on any atom is -0.377 e. The molecule has 0 aliphatic rings. The number of nitro groups is 1. The Hall–Kier alpha value is -2.60. The zero-order valence-electron chi connectivity index (χ0n) is 13.7. The first-order valence-corrected chi connectivity index (χ1v) is 7.63. The topological polar surface area (TPSA) is 66.7 Å². The summed E-state index contributed by atoms with van der Waals surface area (Å²) in [5.41, 5.74) is 1.60. The van der Waals surface area contributed by atoms with E-state index < -0.39 is 4.92 Å². The summed E-state index contributed by atoms with van der Waals surface area (Å²) in [4.78, 5) is 26.5. The highest BCUT2D eigenvalue weighted by Gasteiger charge is 2.21. The van der Waals surface area contributed by atoms with Crippen LogP contribution in [0, 0.1) is 10.1 Å². The largest absolute Gasteiger partial charge is 0.377 e. The number of carbonyl (C=O) groups excluding carboxylic acids is 1. The van der Waals surface area contributed by atoms with E-state index >= 15 is 0 Å². The maximum atomic E-state index is 12.8. The van der Waals surface area contributed by atoms with E-state index in [1.807, 2.05) is 18.2 Å². The van der Waals surface area contributed by atoms with E-state index in [0.29, 0.717) is 17.3 Å². The van der Waals surface area contributed by atoms with E-state index in [2.05, 4.69) is 0 Å². The first kappa shape index (κ1) is 17.7. The molecule has 0 heterocycles. The highest BCUT2D eigenvalue weighted by atomic mass is 35.5. The fourth-order valence-electron chi connectivity index (χ4n) is 2.36. The molecule has 0 bridgehead atoms. The van der Waals surface area contributed by atoms with Crippen molar-refractivity contribution >= 4 is 28.9 Å². The molecule has 0 N–H and O–H groups in total. The Kier molecular flexibility index (Phi) is 5.41. The van der Waals surface area contributed by atoms with Crippen molar-refractivity contribution in [2.75, 3.05) is 26.0 Å². The molecule has 126 valence electrons. The predicted octanol–water partition coefficient (Wildman–Crippen LogP) is 3.59. The smallest absolute Gasteiger partial charge is 0.270 e. The van der Waals surface area contributed by atoms with Crippen molar-refractivity contribution in [2.45, 2.75) is 6.54 Å². The predicted molar refractivity (Wildman–Crippen MR) is 94.7 cm³/mol. The van der Waals surface area contributed by atoms with Crippen molar-refractivity contribution in [1.29, 1.82) is 0 Å². The first-order valence-electron chi connectivity index (χ1n) is 7.26. The minimum atomic E-state index is -0.510. The summed E-state index contributed by atoms with van der Waals surface area (Å²) in [7, 11) is 5.21. The van der Waals surface area contributed by atoms with Crippen LogP contribution in [-0.4, -0.2) is 36.9 Å². The summed E-state index contributed by atoms with van der Waals surface area (Å²) < 4.78 is 0. The van der Waals surface area contributed by atoms with Crippen LogP contribution in [0.1, 0.15) is 15.9 Å². The van der Waals surface area contributed by atoms with Gasteiger partial charge >= 0.3 is 0 Å². The van der Waals surface area contributed by atoms with Gasteiger partial charge in [0.05, 0.1) is 10.5 Å². The second kappa shape index (κ2) is 7.31. The van der Waals surface area contributed by atoms with Crippen LogP contribution in [0.3, 0.4) is 0 Å². The van der Waals surface area contributed by atoms with E-state index in [1.54, 1.807) is 38.2 Å². The number of carbonyl (C=O) groups is 1. The molecule has 0 radical (unpaired) electrons. The zero-order chi connectivity index (χ0) is 17.9. The molecule has 0 aromatic heterocycles. The Morgan fingerprint density at radius 1 is 1.17 bits per heavy atom. The van der Waals surface area contributed by atoms with Crippen molar-refractivity contribution in [1.82, 2.24) is 4.90 Å². The van der Waals surface area contributed by atoms with E-state index in [0.717, 1.165) is 5.56 Å². The summed E-state index contributed by atoms with van der Waals surface area (Å²) in [6.07, 6.45) is 0. The van der Waals surface area contributed by atoms with E-state index in [-0.39, 0.29) is 17.2 Å². The quantitative estimate of drug-likeness (QED) is 0.612. The van der Waals surface area contributed by atoms with Gasteiger partial charge in [0.1, 0.15) is 0 Å². The monoisotopic (exact) mass is 347 g/mol. The highest BCUT2D eigenvalue weighted by molar-refractivity contribution is 6.31. The number of nitrogens with zero attached hydrogens (tertiary/aromatic N) is 3. The van der Waals surface area contributed by atoms with Crippen molar-refractivity contribution < 1.29 is 9.72 Å². The van der Waals surface area contributed by atoms with Crippen molar-refractivity contribution in [3.63, 3.8) is 0 Å². The lowest BCUT2D eigenvalue weighted by molar-refractivity contribution is -0.384. The van der Waals surface area contributed by atoms with Gasteiger partial charge < -0.3 is 9.80 Å². The van der Waals surface area contributed by atoms with Crippen LogP contribution in [-0.2, 0) is 6.54 Å². The second-order valence-electron chi connectivity index (χ2n) is 5.61. The third-order valence-electron chi connectivity index (χ3n) is 3.62. The Bertz CT molecular complexity index is 777. The van der Waals surface area contributed by atoms with Gasteiger partial charge in [-0.15, -0.1) is 0 Å². The average Bonchev–Trinajstić information content (AvgIpc) is 2.55. The maximum absolute atomic E-state index is 12.8. The van der Waals surface area contributed by atoms with Gasteiger partial charge in [0.15, 0.2) is 0 Å². The summed E-state index contributed by atoms with van der Waals surface area (Å²) in [6.45, 7) is 0.314. The van der Waals surface area contributed by atoms with E-state index in [9.17, 15) is 14.9 Å². The summed E-state index contributed by atoms with van der Waals surface area (Å²) >= 11 is 6.13. The number of nitro benzene ring substituents is 1. The fourth-order valence-corrected chi connectivity index (χ4v) is 2.55. The molecule has 0 aliphatic heterocycles. The molecule has 6 nitrogen and oxygen atoms in total. The van der Waals surface area contributed by atoms with Gasteiger partial charge in [0.2, 0.25) is 0 Å². The molecule has 7 heteroatoms. The number of rotatable bonds is 5. The third-order valence-corrected chi connectivity index (χ3v) is 3.98. The molecule has 0 aliphatic carbocycles. The molecular weight excluding hydrogens is 330 g/mol. The number of anilines is 1. The number of benzene rings is 2. The van der Waals surface area contributed by atoms with Crippen molar-refractivity contribution in [3.8, 4) is 0 Å². The lowest BCUT2D eigenvalue weighted by Crippen LogP contribution is -2.28. The summed E-state index contributed by atoms with van der Waals surface area (Å²) in [5.74, 6) is -0.303. The van der Waals surface area contributed by atoms with Crippen molar-refractivity contribution in [3.05, 3.63) is 68.7 Å².